The second-order valence-electron chi connectivity index (χ2n) is 8.25. The SMILES string of the molecule is Cc1ccc(NC(=O)N2CCN(c3ncnc4c3C=C(c3ccncc3)C4)C[C@@H]2C)cn1. The fraction of sp³-hybridized carbons (Fsp3) is 0.292. The summed E-state index contributed by atoms with van der Waals surface area (Å²) >= 11 is 0. The molecule has 0 spiro atoms. The van der Waals surface area contributed by atoms with Crippen molar-refractivity contribution in [1.29, 1.82) is 0 Å². The maximum Gasteiger partial charge on any atom is 0.322 e. The number of allylic oxidation sites excluding steroid dienone is 1. The highest BCUT2D eigenvalue weighted by Gasteiger charge is 2.30. The van der Waals surface area contributed by atoms with Crippen LogP contribution in [0.2, 0.25) is 0 Å². The predicted octanol–water partition coefficient (Wildman–Crippen LogP) is 3.41. The number of aromatic nitrogens is 4. The summed E-state index contributed by atoms with van der Waals surface area (Å²) in [5, 5.41) is 2.96. The van der Waals surface area contributed by atoms with Gasteiger partial charge in [-0.05, 0) is 55.3 Å². The van der Waals surface area contributed by atoms with E-state index < -0.39 is 0 Å². The minimum Gasteiger partial charge on any atom is -0.352 e. The molecule has 0 aromatic carbocycles. The number of hydrogen-bond acceptors (Lipinski definition) is 6. The van der Waals surface area contributed by atoms with Gasteiger partial charge in [0.2, 0.25) is 0 Å². The van der Waals surface area contributed by atoms with Gasteiger partial charge < -0.3 is 15.1 Å². The first-order chi connectivity index (χ1) is 15.6. The molecular formula is C24H25N7O. The fourth-order valence-electron chi connectivity index (χ4n) is 4.31. The van der Waals surface area contributed by atoms with Gasteiger partial charge in [-0.25, -0.2) is 14.8 Å². The maximum absolute atomic E-state index is 12.8. The number of amides is 2. The summed E-state index contributed by atoms with van der Waals surface area (Å²) in [4.78, 5) is 34.4. The van der Waals surface area contributed by atoms with Gasteiger partial charge in [-0.15, -0.1) is 0 Å². The monoisotopic (exact) mass is 427 g/mol. The lowest BCUT2D eigenvalue weighted by atomic mass is 10.1. The third-order valence-electron chi connectivity index (χ3n) is 6.02. The third kappa shape index (κ3) is 3.91. The Hall–Kier alpha value is -3.81. The lowest BCUT2D eigenvalue weighted by Crippen LogP contribution is -2.55. The number of nitrogens with one attached hydrogen (secondary N) is 1. The van der Waals surface area contributed by atoms with Crippen LogP contribution in [0, 0.1) is 6.92 Å². The number of piperazine rings is 1. The first-order valence-corrected chi connectivity index (χ1v) is 10.8. The minimum atomic E-state index is -0.101. The van der Waals surface area contributed by atoms with Gasteiger partial charge in [0.25, 0.3) is 0 Å². The molecule has 5 rings (SSSR count). The number of nitrogens with zero attached hydrogens (tertiary/aromatic N) is 6. The van der Waals surface area contributed by atoms with E-state index in [0.29, 0.717) is 25.3 Å². The molecule has 32 heavy (non-hydrogen) atoms. The van der Waals surface area contributed by atoms with Crippen LogP contribution in [0.25, 0.3) is 11.6 Å². The highest BCUT2D eigenvalue weighted by Crippen LogP contribution is 2.35. The van der Waals surface area contributed by atoms with E-state index in [-0.39, 0.29) is 12.1 Å². The Morgan fingerprint density at radius 2 is 1.94 bits per heavy atom. The van der Waals surface area contributed by atoms with Crippen molar-refractivity contribution in [3.05, 3.63) is 71.7 Å². The number of aryl methyl sites for hydroxylation is 1. The summed E-state index contributed by atoms with van der Waals surface area (Å²) < 4.78 is 0. The quantitative estimate of drug-likeness (QED) is 0.689. The van der Waals surface area contributed by atoms with Crippen molar-refractivity contribution >= 4 is 29.2 Å². The van der Waals surface area contributed by atoms with Crippen molar-refractivity contribution in [2.75, 3.05) is 29.9 Å². The lowest BCUT2D eigenvalue weighted by molar-refractivity contribution is 0.184. The average Bonchev–Trinajstić information content (AvgIpc) is 3.25. The molecule has 1 atom stereocenters. The molecule has 3 aromatic rings. The van der Waals surface area contributed by atoms with E-state index in [4.69, 9.17) is 0 Å². The van der Waals surface area contributed by atoms with E-state index >= 15 is 0 Å². The second-order valence-corrected chi connectivity index (χ2v) is 8.25. The van der Waals surface area contributed by atoms with Crippen LogP contribution in [0.4, 0.5) is 16.3 Å². The van der Waals surface area contributed by atoms with Gasteiger partial charge in [-0.2, -0.15) is 0 Å². The van der Waals surface area contributed by atoms with Crippen LogP contribution < -0.4 is 10.2 Å². The molecule has 8 nitrogen and oxygen atoms in total. The van der Waals surface area contributed by atoms with Crippen LogP contribution in [0.3, 0.4) is 0 Å². The first-order valence-electron chi connectivity index (χ1n) is 10.8. The minimum absolute atomic E-state index is 0.0397. The van der Waals surface area contributed by atoms with E-state index in [1.807, 2.05) is 48.5 Å². The van der Waals surface area contributed by atoms with Crippen LogP contribution in [0.15, 0.2) is 49.2 Å². The number of pyridine rings is 2. The van der Waals surface area contributed by atoms with E-state index in [1.165, 1.54) is 5.57 Å². The highest BCUT2D eigenvalue weighted by molar-refractivity contribution is 5.91. The van der Waals surface area contributed by atoms with Gasteiger partial charge in [0.1, 0.15) is 12.1 Å². The average molecular weight is 428 g/mol. The smallest absolute Gasteiger partial charge is 0.322 e. The van der Waals surface area contributed by atoms with Crippen LogP contribution in [-0.2, 0) is 6.42 Å². The summed E-state index contributed by atoms with van der Waals surface area (Å²) in [6.45, 7) is 6.03. The van der Waals surface area contributed by atoms with Gasteiger partial charge >= 0.3 is 6.03 Å². The molecule has 0 radical (unpaired) electrons. The van der Waals surface area contributed by atoms with Gasteiger partial charge in [0, 0.05) is 55.7 Å². The van der Waals surface area contributed by atoms with Gasteiger partial charge in [-0.1, -0.05) is 0 Å². The molecule has 8 heteroatoms. The Bertz CT molecular complexity index is 1160. The lowest BCUT2D eigenvalue weighted by Gasteiger charge is -2.40. The zero-order valence-corrected chi connectivity index (χ0v) is 18.2. The molecule has 2 aliphatic rings. The van der Waals surface area contributed by atoms with Gasteiger partial charge in [0.05, 0.1) is 17.6 Å². The fourth-order valence-corrected chi connectivity index (χ4v) is 4.31. The molecule has 4 heterocycles. The number of rotatable bonds is 3. The Balaban J connectivity index is 1.30. The topological polar surface area (TPSA) is 87.1 Å². The molecule has 162 valence electrons. The van der Waals surface area contributed by atoms with Gasteiger partial charge in [0.15, 0.2) is 0 Å². The Kier molecular flexibility index (Phi) is 5.26. The first kappa shape index (κ1) is 20.1. The standard InChI is InChI=1S/C24H25N7O/c1-16-3-4-20(13-26-16)29-24(32)31-10-9-30(14-17(31)2)23-21-11-19(12-22(21)27-15-28-23)18-5-7-25-8-6-18/h3-8,11,13,15,17H,9-10,12,14H2,1-2H3,(H,29,32)/t17-/m0/s1. The normalized spacial score (nSPS) is 17.7. The summed E-state index contributed by atoms with van der Waals surface area (Å²) in [6, 6.07) is 7.74. The van der Waals surface area contributed by atoms with E-state index in [9.17, 15) is 4.79 Å². The Labute approximate surface area is 187 Å². The number of fused-ring (bicyclic) bond motifs is 1. The number of hydrogen-bond donors (Lipinski definition) is 1. The zero-order valence-electron chi connectivity index (χ0n) is 18.2. The molecule has 2 amide bonds. The van der Waals surface area contributed by atoms with Gasteiger partial charge in [-0.3, -0.25) is 9.97 Å². The third-order valence-corrected chi connectivity index (χ3v) is 6.02. The van der Waals surface area contributed by atoms with Crippen LogP contribution in [0.5, 0.6) is 0 Å². The Morgan fingerprint density at radius 1 is 1.09 bits per heavy atom. The molecule has 1 saturated heterocycles. The van der Waals surface area contributed by atoms with E-state index in [0.717, 1.165) is 34.8 Å². The maximum atomic E-state index is 12.8. The molecule has 1 aliphatic carbocycles. The number of anilines is 2. The predicted molar refractivity (Wildman–Crippen MR) is 124 cm³/mol. The molecular weight excluding hydrogens is 402 g/mol. The van der Waals surface area contributed by atoms with Crippen molar-refractivity contribution < 1.29 is 4.79 Å². The number of carbonyl (C=O) groups is 1. The second kappa shape index (κ2) is 8.37. The highest BCUT2D eigenvalue weighted by atomic mass is 16.2. The van der Waals surface area contributed by atoms with Crippen molar-refractivity contribution in [3.8, 4) is 0 Å². The Morgan fingerprint density at radius 3 is 2.69 bits per heavy atom. The van der Waals surface area contributed by atoms with Crippen molar-refractivity contribution in [1.82, 2.24) is 24.8 Å². The summed E-state index contributed by atoms with van der Waals surface area (Å²) in [6.07, 6.45) is 9.93. The van der Waals surface area contributed by atoms with Crippen molar-refractivity contribution in [3.63, 3.8) is 0 Å². The van der Waals surface area contributed by atoms with Crippen molar-refractivity contribution in [2.45, 2.75) is 26.3 Å². The molecule has 3 aromatic heterocycles. The summed E-state index contributed by atoms with van der Waals surface area (Å²) in [7, 11) is 0. The molecule has 0 saturated carbocycles. The summed E-state index contributed by atoms with van der Waals surface area (Å²) in [5.41, 5.74) is 6.13. The number of carbonyl (C=O) groups excluding carboxylic acids is 1. The van der Waals surface area contributed by atoms with E-state index in [1.54, 1.807) is 12.5 Å². The molecule has 1 N–H and O–H groups in total. The van der Waals surface area contributed by atoms with Crippen LogP contribution in [0.1, 0.15) is 29.4 Å². The summed E-state index contributed by atoms with van der Waals surface area (Å²) in [5.74, 6) is 0.939. The van der Waals surface area contributed by atoms with Crippen LogP contribution >= 0.6 is 0 Å². The zero-order chi connectivity index (χ0) is 22.1. The largest absolute Gasteiger partial charge is 0.352 e. The number of urea groups is 1. The van der Waals surface area contributed by atoms with E-state index in [2.05, 4.69) is 43.2 Å². The molecule has 1 aliphatic heterocycles. The molecule has 1 fully saturated rings. The molecule has 0 bridgehead atoms. The van der Waals surface area contributed by atoms with Crippen molar-refractivity contribution in [2.24, 2.45) is 0 Å². The van der Waals surface area contributed by atoms with Crippen LogP contribution in [-0.4, -0.2) is 56.5 Å². The molecule has 0 unspecified atom stereocenters.